The zero-order valence-electron chi connectivity index (χ0n) is 36.2. The number of aromatic nitrogens is 1. The van der Waals surface area contributed by atoms with Crippen LogP contribution in [0.15, 0.2) is 71.5 Å². The number of amides is 4. The van der Waals surface area contributed by atoms with Crippen molar-refractivity contribution in [2.45, 2.75) is 91.2 Å². The van der Waals surface area contributed by atoms with Gasteiger partial charge in [0.25, 0.3) is 11.8 Å². The fourth-order valence-corrected chi connectivity index (χ4v) is 11.2. The van der Waals surface area contributed by atoms with Crippen molar-refractivity contribution in [3.63, 3.8) is 0 Å². The highest BCUT2D eigenvalue weighted by atomic mass is 16.5. The van der Waals surface area contributed by atoms with Gasteiger partial charge in [0, 0.05) is 115 Å². The molecule has 4 aromatic rings. The van der Waals surface area contributed by atoms with E-state index in [1.165, 1.54) is 6.07 Å². The van der Waals surface area contributed by atoms with Crippen LogP contribution in [-0.4, -0.2) is 101 Å². The first-order valence-electron chi connectivity index (χ1n) is 21.7. The molecule has 4 amide bonds. The molecule has 3 aromatic carbocycles. The van der Waals surface area contributed by atoms with E-state index in [2.05, 4.69) is 96.1 Å². The zero-order chi connectivity index (χ0) is 43.8. The van der Waals surface area contributed by atoms with Crippen molar-refractivity contribution in [1.29, 1.82) is 5.26 Å². The van der Waals surface area contributed by atoms with Gasteiger partial charge in [0.05, 0.1) is 11.1 Å². The van der Waals surface area contributed by atoms with Crippen LogP contribution in [0.1, 0.15) is 86.2 Å². The normalized spacial score (nSPS) is 25.7. The average molecular weight is 839 g/mol. The molecule has 14 nitrogen and oxygen atoms in total. The number of nitrogens with zero attached hydrogens (tertiary/aromatic N) is 5. The highest BCUT2D eigenvalue weighted by Crippen LogP contribution is 2.56. The lowest BCUT2D eigenvalue weighted by atomic mass is 9.49. The van der Waals surface area contributed by atoms with E-state index in [1.54, 1.807) is 23.1 Å². The maximum atomic E-state index is 13.7. The van der Waals surface area contributed by atoms with E-state index in [0.717, 1.165) is 49.7 Å². The smallest absolute Gasteiger partial charge is 0.255 e. The maximum Gasteiger partial charge on any atom is 0.255 e. The average Bonchev–Trinajstić information content (AvgIpc) is 3.55. The summed E-state index contributed by atoms with van der Waals surface area (Å²) in [5, 5.41) is 15.9. The third-order valence-electron chi connectivity index (χ3n) is 14.2. The van der Waals surface area contributed by atoms with Gasteiger partial charge < -0.3 is 29.7 Å². The molecule has 0 bridgehead atoms. The number of benzene rings is 3. The number of aromatic amines is 1. The molecule has 0 spiro atoms. The minimum atomic E-state index is -0.614. The molecule has 62 heavy (non-hydrogen) atoms. The number of nitriles is 1. The minimum absolute atomic E-state index is 0.133. The zero-order valence-corrected chi connectivity index (χ0v) is 36.2. The summed E-state index contributed by atoms with van der Waals surface area (Å²) in [6.07, 6.45) is 0.341. The lowest BCUT2D eigenvalue weighted by Gasteiger charge is -2.63. The Morgan fingerprint density at radius 3 is 2.31 bits per heavy atom. The topological polar surface area (TPSA) is 171 Å². The Hall–Kier alpha value is -6.20. The number of pyridine rings is 1. The van der Waals surface area contributed by atoms with Crippen molar-refractivity contribution in [2.24, 2.45) is 16.7 Å². The van der Waals surface area contributed by atoms with Gasteiger partial charge in [0.1, 0.15) is 24.0 Å². The Morgan fingerprint density at radius 2 is 1.60 bits per heavy atom. The van der Waals surface area contributed by atoms with Gasteiger partial charge in [-0.15, -0.1) is 0 Å². The van der Waals surface area contributed by atoms with Gasteiger partial charge in [0.15, 0.2) is 0 Å². The summed E-state index contributed by atoms with van der Waals surface area (Å²) in [7, 11) is 0. The van der Waals surface area contributed by atoms with E-state index in [1.807, 2.05) is 24.3 Å². The molecule has 5 aliphatic rings. The molecule has 4 aliphatic heterocycles. The summed E-state index contributed by atoms with van der Waals surface area (Å²) >= 11 is 0. The molecule has 4 fully saturated rings. The van der Waals surface area contributed by atoms with Crippen molar-refractivity contribution in [1.82, 2.24) is 25.4 Å². The molecule has 1 aliphatic carbocycles. The van der Waals surface area contributed by atoms with Gasteiger partial charge in [0.2, 0.25) is 17.4 Å². The van der Waals surface area contributed by atoms with Crippen LogP contribution < -0.4 is 30.7 Å². The van der Waals surface area contributed by atoms with Crippen LogP contribution in [0.3, 0.4) is 0 Å². The Bertz CT molecular complexity index is 2570. The van der Waals surface area contributed by atoms with E-state index >= 15 is 0 Å². The second-order valence-corrected chi connectivity index (χ2v) is 19.2. The first-order valence-corrected chi connectivity index (χ1v) is 21.7. The lowest BCUT2D eigenvalue weighted by molar-refractivity contribution is -0.163. The predicted octanol–water partition coefficient (Wildman–Crippen LogP) is 4.81. The van der Waals surface area contributed by atoms with E-state index in [9.17, 15) is 29.2 Å². The molecule has 1 aromatic heterocycles. The van der Waals surface area contributed by atoms with Crippen LogP contribution >= 0.6 is 0 Å². The molecule has 14 heteroatoms. The molecule has 3 saturated heterocycles. The van der Waals surface area contributed by atoms with Crippen LogP contribution in [-0.2, 0) is 16.1 Å². The summed E-state index contributed by atoms with van der Waals surface area (Å²) in [5.74, 6) is 0.142. The molecule has 3 N–H and O–H groups in total. The quantitative estimate of drug-likeness (QED) is 0.199. The van der Waals surface area contributed by atoms with Crippen LogP contribution in [0.5, 0.6) is 5.75 Å². The number of carbonyl (C=O) groups is 4. The third kappa shape index (κ3) is 7.06. The minimum Gasteiger partial charge on any atom is -0.488 e. The monoisotopic (exact) mass is 838 g/mol. The lowest BCUT2D eigenvalue weighted by Crippen LogP contribution is -2.74. The highest BCUT2D eigenvalue weighted by molar-refractivity contribution is 6.05. The number of carbonyl (C=O) groups excluding carboxylic acids is 4. The SMILES string of the molecule is C[C@@H]1CN(CC2CN(c3ccc4c(c3)CN(C3CCC(=O)NC3=O)C4=O)C2)[C@@H](C)CN1c1ccc(C(=O)NC2C(C)(C)C(Oc3ccc(C#N)c4[nH]c(=O)ccc34)C2(C)C)cc1. The number of rotatable bonds is 9. The molecule has 0 radical (unpaired) electrons. The summed E-state index contributed by atoms with van der Waals surface area (Å²) in [5.41, 5.74) is 4.04. The second kappa shape index (κ2) is 15.3. The van der Waals surface area contributed by atoms with Crippen LogP contribution in [0.4, 0.5) is 11.4 Å². The number of hydrogen-bond donors (Lipinski definition) is 3. The van der Waals surface area contributed by atoms with Crippen molar-refractivity contribution in [3.8, 4) is 11.8 Å². The number of H-pyrrole nitrogens is 1. The number of piperazine rings is 1. The number of nitrogens with one attached hydrogen (secondary N) is 3. The fraction of sp³-hybridized carbons (Fsp3) is 0.458. The first-order chi connectivity index (χ1) is 29.5. The maximum absolute atomic E-state index is 13.7. The van der Waals surface area contributed by atoms with Gasteiger partial charge in [-0.05, 0) is 86.5 Å². The van der Waals surface area contributed by atoms with Crippen LogP contribution in [0, 0.1) is 28.1 Å². The van der Waals surface area contributed by atoms with E-state index in [4.69, 9.17) is 4.74 Å². The molecule has 322 valence electrons. The Labute approximate surface area is 361 Å². The van der Waals surface area contributed by atoms with Gasteiger partial charge >= 0.3 is 0 Å². The summed E-state index contributed by atoms with van der Waals surface area (Å²) in [6.45, 7) is 18.0. The number of piperidine rings is 1. The van der Waals surface area contributed by atoms with Gasteiger partial charge in [-0.3, -0.25) is 34.2 Å². The number of ether oxygens (including phenoxy) is 1. The summed E-state index contributed by atoms with van der Waals surface area (Å²) in [6, 6.07) is 22.4. The van der Waals surface area contributed by atoms with Crippen molar-refractivity contribution in [3.05, 3.63) is 99.3 Å². The van der Waals surface area contributed by atoms with Gasteiger partial charge in [-0.25, -0.2) is 0 Å². The number of imide groups is 1. The fourth-order valence-electron chi connectivity index (χ4n) is 11.2. The molecule has 5 heterocycles. The van der Waals surface area contributed by atoms with Crippen molar-refractivity contribution < 1.29 is 23.9 Å². The van der Waals surface area contributed by atoms with Crippen molar-refractivity contribution in [2.75, 3.05) is 42.5 Å². The molecular formula is C48H54N8O6. The largest absolute Gasteiger partial charge is 0.488 e. The molecular weight excluding hydrogens is 785 g/mol. The van der Waals surface area contributed by atoms with E-state index in [0.29, 0.717) is 58.3 Å². The van der Waals surface area contributed by atoms with Gasteiger partial charge in [-0.1, -0.05) is 27.7 Å². The Balaban J connectivity index is 0.770. The molecule has 1 saturated carbocycles. The summed E-state index contributed by atoms with van der Waals surface area (Å²) < 4.78 is 6.63. The van der Waals surface area contributed by atoms with E-state index < -0.39 is 22.8 Å². The number of hydrogen-bond acceptors (Lipinski definition) is 10. The summed E-state index contributed by atoms with van der Waals surface area (Å²) in [4.78, 5) is 74.8. The Morgan fingerprint density at radius 1 is 0.871 bits per heavy atom. The predicted molar refractivity (Wildman–Crippen MR) is 235 cm³/mol. The number of anilines is 2. The molecule has 3 atom stereocenters. The number of fused-ring (bicyclic) bond motifs is 2. The Kier molecular flexibility index (Phi) is 10.2. The van der Waals surface area contributed by atoms with Crippen molar-refractivity contribution >= 4 is 45.9 Å². The van der Waals surface area contributed by atoms with E-state index in [-0.39, 0.29) is 47.9 Å². The highest BCUT2D eigenvalue weighted by Gasteiger charge is 2.64. The second-order valence-electron chi connectivity index (χ2n) is 19.2. The standard InChI is InChI=1S/C48H54N8O6/c1-27-22-55(28(2)21-53(27)23-29-24-54(25-29)34-12-13-35-32(19-34)26-56(44(35)61)37-15-18-40(58)51-43(37)60)33-10-7-30(8-11-33)42(59)52-45-47(3,4)46(48(45,5)6)62-38-16-9-31(20-49)41-36(38)14-17-39(57)50-41/h7-14,16-17,19,27-29,37,45-46H,15,18,21-26H2,1-6H3,(H,50,57)(H,52,59)(H,51,58,60)/t27-,28+,37?,45?,46?/m0/s1. The first kappa shape index (κ1) is 41.2. The molecule has 1 unspecified atom stereocenters. The molecule has 9 rings (SSSR count). The van der Waals surface area contributed by atoms with Gasteiger partial charge in [-0.2, -0.15) is 5.26 Å². The van der Waals surface area contributed by atoms with Crippen LogP contribution in [0.2, 0.25) is 0 Å². The van der Waals surface area contributed by atoms with Crippen LogP contribution in [0.25, 0.3) is 10.9 Å². The third-order valence-corrected chi connectivity index (χ3v) is 14.2.